The standard InChI is InChI=1S/C8H8F2O3S/c9-8(10,5-13-4-7(11)12)6-2-1-3-14-6/h1-3H,4-5H2,(H,11,12). The van der Waals surface area contributed by atoms with E-state index in [0.29, 0.717) is 0 Å². The largest absolute Gasteiger partial charge is 0.480 e. The van der Waals surface area contributed by atoms with Crippen LogP contribution in [0.4, 0.5) is 8.78 Å². The molecule has 0 saturated carbocycles. The SMILES string of the molecule is O=C(O)COCC(F)(F)c1cccs1. The van der Waals surface area contributed by atoms with Gasteiger partial charge in [-0.1, -0.05) is 6.07 Å². The van der Waals surface area contributed by atoms with E-state index in [0.717, 1.165) is 11.3 Å². The van der Waals surface area contributed by atoms with Gasteiger partial charge in [-0.15, -0.1) is 11.3 Å². The molecule has 78 valence electrons. The van der Waals surface area contributed by atoms with Gasteiger partial charge >= 0.3 is 11.9 Å². The summed E-state index contributed by atoms with van der Waals surface area (Å²) in [6, 6.07) is 2.79. The number of carboxylic acid groups (broad SMARTS) is 1. The van der Waals surface area contributed by atoms with Gasteiger partial charge in [-0.2, -0.15) is 8.78 Å². The number of alkyl halides is 2. The first-order valence-corrected chi connectivity index (χ1v) is 4.61. The van der Waals surface area contributed by atoms with Gasteiger partial charge in [-0.3, -0.25) is 0 Å². The van der Waals surface area contributed by atoms with Gasteiger partial charge in [-0.05, 0) is 11.4 Å². The summed E-state index contributed by atoms with van der Waals surface area (Å²) in [7, 11) is 0. The molecule has 1 rings (SSSR count). The Hall–Kier alpha value is -1.01. The van der Waals surface area contributed by atoms with Crippen molar-refractivity contribution in [3.63, 3.8) is 0 Å². The van der Waals surface area contributed by atoms with E-state index in [2.05, 4.69) is 4.74 Å². The summed E-state index contributed by atoms with van der Waals surface area (Å²) in [5.74, 6) is -4.36. The lowest BCUT2D eigenvalue weighted by molar-refractivity contribution is -0.147. The quantitative estimate of drug-likeness (QED) is 0.828. The second-order valence-electron chi connectivity index (χ2n) is 2.57. The molecule has 0 atom stereocenters. The van der Waals surface area contributed by atoms with Crippen LogP contribution in [0.3, 0.4) is 0 Å². The van der Waals surface area contributed by atoms with Gasteiger partial charge in [0, 0.05) is 0 Å². The molecule has 6 heteroatoms. The van der Waals surface area contributed by atoms with E-state index < -0.39 is 25.1 Å². The van der Waals surface area contributed by atoms with Crippen molar-refractivity contribution < 1.29 is 23.4 Å². The minimum atomic E-state index is -3.11. The maximum atomic E-state index is 13.1. The first-order chi connectivity index (χ1) is 6.52. The molecule has 14 heavy (non-hydrogen) atoms. The van der Waals surface area contributed by atoms with E-state index in [1.807, 2.05) is 0 Å². The third-order valence-electron chi connectivity index (χ3n) is 1.39. The van der Waals surface area contributed by atoms with E-state index in [1.54, 1.807) is 0 Å². The zero-order valence-corrected chi connectivity index (χ0v) is 7.89. The molecule has 0 aromatic carbocycles. The molecule has 0 aliphatic rings. The molecular formula is C8H8F2O3S. The number of thiophene rings is 1. The van der Waals surface area contributed by atoms with Crippen LogP contribution in [0.25, 0.3) is 0 Å². The van der Waals surface area contributed by atoms with Crippen molar-refractivity contribution in [1.29, 1.82) is 0 Å². The molecule has 0 amide bonds. The van der Waals surface area contributed by atoms with Crippen LogP contribution in [0.1, 0.15) is 4.88 Å². The fraction of sp³-hybridized carbons (Fsp3) is 0.375. The minimum Gasteiger partial charge on any atom is -0.480 e. The van der Waals surface area contributed by atoms with Crippen molar-refractivity contribution in [2.75, 3.05) is 13.2 Å². The second kappa shape index (κ2) is 4.47. The van der Waals surface area contributed by atoms with Gasteiger partial charge in [-0.25, -0.2) is 4.79 Å². The molecule has 0 aliphatic heterocycles. The molecule has 1 heterocycles. The molecule has 1 aromatic rings. The zero-order chi connectivity index (χ0) is 10.6. The van der Waals surface area contributed by atoms with Crippen LogP contribution in [-0.2, 0) is 15.5 Å². The Bertz CT molecular complexity index is 298. The number of hydrogen-bond acceptors (Lipinski definition) is 3. The third kappa shape index (κ3) is 3.04. The van der Waals surface area contributed by atoms with Crippen LogP contribution in [-0.4, -0.2) is 24.3 Å². The molecule has 1 aromatic heterocycles. The maximum Gasteiger partial charge on any atom is 0.329 e. The molecule has 0 unspecified atom stereocenters. The van der Waals surface area contributed by atoms with Gasteiger partial charge in [0.15, 0.2) is 0 Å². The Morgan fingerprint density at radius 2 is 2.36 bits per heavy atom. The maximum absolute atomic E-state index is 13.1. The zero-order valence-electron chi connectivity index (χ0n) is 7.07. The number of carbonyl (C=O) groups is 1. The monoisotopic (exact) mass is 222 g/mol. The highest BCUT2D eigenvalue weighted by atomic mass is 32.1. The predicted molar refractivity (Wildman–Crippen MR) is 46.7 cm³/mol. The molecule has 0 spiro atoms. The van der Waals surface area contributed by atoms with Crippen LogP contribution in [0.15, 0.2) is 17.5 Å². The van der Waals surface area contributed by atoms with Crippen molar-refractivity contribution in [3.05, 3.63) is 22.4 Å². The van der Waals surface area contributed by atoms with Crippen LogP contribution >= 0.6 is 11.3 Å². The van der Waals surface area contributed by atoms with E-state index in [4.69, 9.17) is 5.11 Å². The third-order valence-corrected chi connectivity index (χ3v) is 2.37. The normalized spacial score (nSPS) is 11.6. The van der Waals surface area contributed by atoms with Crippen LogP contribution in [0, 0.1) is 0 Å². The van der Waals surface area contributed by atoms with E-state index in [9.17, 15) is 13.6 Å². The summed E-state index contributed by atoms with van der Waals surface area (Å²) in [4.78, 5) is 9.88. The van der Waals surface area contributed by atoms with E-state index in [1.165, 1.54) is 17.5 Å². The highest BCUT2D eigenvalue weighted by Gasteiger charge is 2.33. The average Bonchev–Trinajstić information content (AvgIpc) is 2.54. The summed E-state index contributed by atoms with van der Waals surface area (Å²) in [5.41, 5.74) is 0. The van der Waals surface area contributed by atoms with E-state index >= 15 is 0 Å². The topological polar surface area (TPSA) is 46.5 Å². The Kier molecular flexibility index (Phi) is 3.54. The van der Waals surface area contributed by atoms with Gasteiger partial charge < -0.3 is 9.84 Å². The summed E-state index contributed by atoms with van der Waals surface area (Å²) in [5, 5.41) is 9.70. The number of rotatable bonds is 5. The van der Waals surface area contributed by atoms with E-state index in [-0.39, 0.29) is 4.88 Å². The van der Waals surface area contributed by atoms with Crippen LogP contribution < -0.4 is 0 Å². The number of hydrogen-bond donors (Lipinski definition) is 1. The Morgan fingerprint density at radius 3 is 2.86 bits per heavy atom. The summed E-state index contributed by atoms with van der Waals surface area (Å²) in [6.45, 7) is -1.61. The Labute approximate surface area is 82.9 Å². The highest BCUT2D eigenvalue weighted by Crippen LogP contribution is 2.31. The molecule has 0 fully saturated rings. The molecule has 1 N–H and O–H groups in total. The average molecular weight is 222 g/mol. The van der Waals surface area contributed by atoms with Crippen LogP contribution in [0.5, 0.6) is 0 Å². The Morgan fingerprint density at radius 1 is 1.64 bits per heavy atom. The van der Waals surface area contributed by atoms with Gasteiger partial charge in [0.2, 0.25) is 0 Å². The van der Waals surface area contributed by atoms with Gasteiger partial charge in [0.1, 0.15) is 13.2 Å². The number of halogens is 2. The van der Waals surface area contributed by atoms with Crippen molar-refractivity contribution >= 4 is 17.3 Å². The Balaban J connectivity index is 2.46. The molecule has 0 aliphatic carbocycles. The van der Waals surface area contributed by atoms with Crippen molar-refractivity contribution in [1.82, 2.24) is 0 Å². The first kappa shape index (κ1) is 11.1. The fourth-order valence-electron chi connectivity index (χ4n) is 0.824. The summed E-state index contributed by atoms with van der Waals surface area (Å²) < 4.78 is 30.6. The lowest BCUT2D eigenvalue weighted by atomic mass is 10.3. The van der Waals surface area contributed by atoms with Crippen molar-refractivity contribution in [2.24, 2.45) is 0 Å². The lowest BCUT2D eigenvalue weighted by Crippen LogP contribution is -2.22. The smallest absolute Gasteiger partial charge is 0.329 e. The predicted octanol–water partition coefficient (Wildman–Crippen LogP) is 1.94. The number of carboxylic acids is 1. The molecule has 0 radical (unpaired) electrons. The minimum absolute atomic E-state index is 0.122. The van der Waals surface area contributed by atoms with Crippen molar-refractivity contribution in [2.45, 2.75) is 5.92 Å². The molecule has 0 saturated heterocycles. The van der Waals surface area contributed by atoms with Crippen molar-refractivity contribution in [3.8, 4) is 0 Å². The highest BCUT2D eigenvalue weighted by molar-refractivity contribution is 7.10. The number of aliphatic carboxylic acids is 1. The van der Waals surface area contributed by atoms with Crippen LogP contribution in [0.2, 0.25) is 0 Å². The lowest BCUT2D eigenvalue weighted by Gasteiger charge is -2.13. The van der Waals surface area contributed by atoms with Gasteiger partial charge in [0.25, 0.3) is 0 Å². The summed E-state index contributed by atoms with van der Waals surface area (Å²) >= 11 is 0.911. The molecule has 3 nitrogen and oxygen atoms in total. The first-order valence-electron chi connectivity index (χ1n) is 3.74. The molecular weight excluding hydrogens is 214 g/mol. The van der Waals surface area contributed by atoms with Gasteiger partial charge in [0.05, 0.1) is 4.88 Å². The fourth-order valence-corrected chi connectivity index (χ4v) is 1.52. The summed E-state index contributed by atoms with van der Waals surface area (Å²) in [6.07, 6.45) is 0. The second-order valence-corrected chi connectivity index (χ2v) is 3.52. The number of ether oxygens (including phenoxy) is 1. The molecule has 0 bridgehead atoms.